The maximum absolute atomic E-state index is 14.2. The van der Waals surface area contributed by atoms with E-state index >= 15 is 0 Å². The van der Waals surface area contributed by atoms with E-state index in [4.69, 9.17) is 47.4 Å². The van der Waals surface area contributed by atoms with Crippen molar-refractivity contribution in [3.8, 4) is 0 Å². The van der Waals surface area contributed by atoms with E-state index < -0.39 is 141 Å². The fourth-order valence-electron chi connectivity index (χ4n) is 14.8. The largest absolute Gasteiger partial charge is 0.394 e. The number of rotatable bonds is 68. The summed E-state index contributed by atoms with van der Waals surface area (Å²) in [4.78, 5) is 142. The highest BCUT2D eigenvalue weighted by molar-refractivity contribution is 5.80. The minimum absolute atomic E-state index is 0.0205. The lowest BCUT2D eigenvalue weighted by Gasteiger charge is -2.42. The van der Waals surface area contributed by atoms with Gasteiger partial charge in [0.1, 0.15) is 78.8 Å². The molecule has 0 bridgehead atoms. The molecule has 0 aliphatic carbocycles. The van der Waals surface area contributed by atoms with Gasteiger partial charge in [0.2, 0.25) is 59.1 Å². The molecule has 15 unspecified atom stereocenters. The molecule has 4 fully saturated rings. The van der Waals surface area contributed by atoms with Crippen LogP contribution in [0.15, 0.2) is 0 Å². The van der Waals surface area contributed by atoms with Crippen LogP contribution in [0.5, 0.6) is 0 Å². The first kappa shape index (κ1) is 112. The third-order valence-corrected chi connectivity index (χ3v) is 21.7. The lowest BCUT2D eigenvalue weighted by molar-refractivity contribution is -0.270. The number of β-amino-alcohol motifs (C(OH)–C–C–N with tert-alkyl or cyclic N) is 1. The molecule has 0 aromatic heterocycles. The van der Waals surface area contributed by atoms with Gasteiger partial charge in [-0.15, -0.1) is 0 Å². The van der Waals surface area contributed by atoms with Crippen LogP contribution in [0.3, 0.4) is 0 Å². The van der Waals surface area contributed by atoms with Crippen LogP contribution >= 0.6 is 0 Å². The van der Waals surface area contributed by atoms with Crippen LogP contribution in [0.25, 0.3) is 0 Å². The van der Waals surface area contributed by atoms with E-state index in [0.29, 0.717) is 116 Å². The molecule has 0 saturated carbocycles. The average Bonchev–Trinajstić information content (AvgIpc) is 1.03. The Kier molecular flexibility index (Phi) is 56.5. The summed E-state index contributed by atoms with van der Waals surface area (Å²) in [7, 11) is 0. The summed E-state index contributed by atoms with van der Waals surface area (Å²) in [5.41, 5.74) is -1.53. The Balaban J connectivity index is 1.30. The van der Waals surface area contributed by atoms with E-state index in [9.17, 15) is 104 Å². The third-order valence-electron chi connectivity index (χ3n) is 21.7. The molecule has 41 heteroatoms. The lowest BCUT2D eigenvalue weighted by atomic mass is 9.84. The molecule has 17 atom stereocenters. The first-order valence-electron chi connectivity index (χ1n) is 45.2. The second kappa shape index (κ2) is 63.6. The zero-order valence-electron chi connectivity index (χ0n) is 75.0. The molecule has 4 rings (SSSR count). The smallest absolute Gasteiger partial charge is 0.222 e. The van der Waals surface area contributed by atoms with Gasteiger partial charge in [0.05, 0.1) is 83.8 Å². The fourth-order valence-corrected chi connectivity index (χ4v) is 14.8. The number of likely N-dealkylation sites (tertiary alicyclic amines) is 1. The van der Waals surface area contributed by atoms with Crippen molar-refractivity contribution in [2.24, 2.45) is 5.41 Å². The number of Topliss-reactive ketones (excluding diaryl/α,β-unsaturated/α-hetero) is 1. The van der Waals surface area contributed by atoms with Gasteiger partial charge in [0.15, 0.2) is 18.9 Å². The van der Waals surface area contributed by atoms with Crippen LogP contribution in [0, 0.1) is 5.41 Å². The number of carbonyl (C=O) groups is 11. The van der Waals surface area contributed by atoms with Crippen LogP contribution in [-0.2, 0) is 100 Å². The number of carbonyl (C=O) groups excluding carboxylic acids is 11. The Morgan fingerprint density at radius 2 is 0.667 bits per heavy atom. The third kappa shape index (κ3) is 46.4. The molecule has 0 aromatic rings. The molecule has 4 aliphatic rings. The van der Waals surface area contributed by atoms with Crippen LogP contribution < -0.4 is 47.9 Å². The molecule has 0 radical (unpaired) electrons. The Bertz CT molecular complexity index is 3050. The minimum atomic E-state index is -1.46. The molecule has 728 valence electrons. The van der Waals surface area contributed by atoms with Gasteiger partial charge in [-0.3, -0.25) is 52.7 Å². The summed E-state index contributed by atoms with van der Waals surface area (Å²) in [5.74, 6) is -3.19. The van der Waals surface area contributed by atoms with Crippen molar-refractivity contribution in [1.29, 1.82) is 0 Å². The fraction of sp³-hybridized carbons (Fsp3) is 0.871. The second-order valence-corrected chi connectivity index (χ2v) is 34.1. The maximum Gasteiger partial charge on any atom is 0.222 e. The quantitative estimate of drug-likeness (QED) is 0.0289. The highest BCUT2D eigenvalue weighted by atomic mass is 16.7. The molecule has 4 saturated heterocycles. The van der Waals surface area contributed by atoms with Crippen molar-refractivity contribution in [2.75, 3.05) is 132 Å². The molecular formula is C85H152N10O31. The Morgan fingerprint density at radius 3 is 0.992 bits per heavy atom. The topological polar surface area (TPSA) is 594 Å². The summed E-state index contributed by atoms with van der Waals surface area (Å²) in [6.07, 6.45) is -2.89. The van der Waals surface area contributed by atoms with Gasteiger partial charge in [-0.05, 0) is 111 Å². The van der Waals surface area contributed by atoms with Crippen LogP contribution in [0.2, 0.25) is 0 Å². The summed E-state index contributed by atoms with van der Waals surface area (Å²) < 4.78 is 58.5. The lowest BCUT2D eigenvalue weighted by Crippen LogP contribution is -2.64. The van der Waals surface area contributed by atoms with Gasteiger partial charge >= 0.3 is 0 Å². The van der Waals surface area contributed by atoms with Crippen molar-refractivity contribution >= 4 is 64.9 Å². The number of aliphatic hydroxyl groups is 10. The Labute approximate surface area is 740 Å². The summed E-state index contributed by atoms with van der Waals surface area (Å²) in [6, 6.07) is -3.42. The standard InChI is InChI=1S/C85H152N10O31/c1-56(99)92-72-78(114)75(111)62(49-96)124-81(72)120-40-21-16-27-65(104)86-34-19-13-20-35-87-68(107)31-43-117-53-85(47-60(102)26-14-11-9-7-8-10-12-15-30-71(110)95-48-61(103)46-59(95)52-123-84(4,5)6,54-118-44-32-69(108)90-38-24-36-88-66(105)28-17-22-41-121-82-73(93-57(2)100)79(115)76(112)63(50-97)125-82)55-119-45-33-70(109)91-39-25-37-89-67(106)29-18-23-42-122-83-74(94-58(3)101)80(116)77(113)64(51-98)126-83/h59,61-64,72-83,96-98,103,111-116H,7-55H2,1-6H3,(H,86,104)(H,87,107)(H,88,105)(H,89,106)(H,90,108)(H,91,109)(H,92,99)(H,93,100)(H,94,101)/t59-,61+,62?,63?,64?,72?,73?,74?,75?,76?,77?,78?,79?,80?,81?,82?,83?,85?/m0/s1. The summed E-state index contributed by atoms with van der Waals surface area (Å²) in [6.45, 7) is 9.88. The van der Waals surface area contributed by atoms with Gasteiger partial charge in [0.25, 0.3) is 0 Å². The van der Waals surface area contributed by atoms with Crippen LogP contribution in [-0.4, -0.2) is 362 Å². The summed E-state index contributed by atoms with van der Waals surface area (Å²) in [5, 5.41) is 126. The van der Waals surface area contributed by atoms with E-state index in [-0.39, 0.29) is 196 Å². The van der Waals surface area contributed by atoms with E-state index in [1.165, 1.54) is 20.8 Å². The monoisotopic (exact) mass is 1810 g/mol. The number of hydrogen-bond acceptors (Lipinski definition) is 31. The molecule has 0 aromatic carbocycles. The van der Waals surface area contributed by atoms with Gasteiger partial charge < -0.3 is 151 Å². The number of unbranched alkanes of at least 4 members (excludes halogenated alkanes) is 12. The first-order chi connectivity index (χ1) is 60.2. The van der Waals surface area contributed by atoms with Gasteiger partial charge in [-0.1, -0.05) is 38.5 Å². The van der Waals surface area contributed by atoms with Crippen molar-refractivity contribution < 1.29 is 151 Å². The minimum Gasteiger partial charge on any atom is -0.394 e. The molecular weight excluding hydrogens is 1660 g/mol. The number of ether oxygens (including phenoxy) is 10. The zero-order chi connectivity index (χ0) is 92.8. The Hall–Kier alpha value is -6.43. The van der Waals surface area contributed by atoms with E-state index in [2.05, 4.69) is 47.9 Å². The van der Waals surface area contributed by atoms with Crippen molar-refractivity contribution in [3.63, 3.8) is 0 Å². The van der Waals surface area contributed by atoms with Gasteiger partial charge in [0, 0.05) is 150 Å². The van der Waals surface area contributed by atoms with E-state index in [0.717, 1.165) is 44.9 Å². The molecule has 10 amide bonds. The average molecular weight is 1810 g/mol. The molecule has 41 nitrogen and oxygen atoms in total. The van der Waals surface area contributed by atoms with Crippen molar-refractivity contribution in [3.05, 3.63) is 0 Å². The molecule has 4 heterocycles. The van der Waals surface area contributed by atoms with Gasteiger partial charge in [-0.2, -0.15) is 0 Å². The van der Waals surface area contributed by atoms with Crippen molar-refractivity contribution in [1.82, 2.24) is 52.8 Å². The SMILES string of the molecule is CC(=O)NC1C(OCCCCC(=O)NCCCCCNC(=O)CCOCC(COCCC(=O)NCCCNC(=O)CCCCOC2OC(CO)C(O)C(O)C2NC(C)=O)(COCCC(=O)NCCCNC(=O)CCCCOC2OC(CO)C(O)C(O)C2NC(C)=O)CC(=O)CCCCCCCCCCC(=O)N2C[C@H](O)C[C@H]2COC(C)(C)C)OC(CO)C(O)C1O. The predicted molar refractivity (Wildman–Crippen MR) is 453 cm³/mol. The highest BCUT2D eigenvalue weighted by Crippen LogP contribution is 2.30. The molecule has 126 heavy (non-hydrogen) atoms. The van der Waals surface area contributed by atoms with Crippen LogP contribution in [0.1, 0.15) is 228 Å². The molecule has 4 aliphatic heterocycles. The Morgan fingerprint density at radius 1 is 0.365 bits per heavy atom. The number of nitrogens with zero attached hydrogens (tertiary/aromatic N) is 1. The normalized spacial score (nSPS) is 24.8. The molecule has 0 spiro atoms. The molecule has 19 N–H and O–H groups in total. The second-order valence-electron chi connectivity index (χ2n) is 34.1. The number of hydrogen-bond donors (Lipinski definition) is 19. The van der Waals surface area contributed by atoms with Gasteiger partial charge in [-0.25, -0.2) is 0 Å². The number of ketones is 1. The van der Waals surface area contributed by atoms with Crippen molar-refractivity contribution in [2.45, 2.75) is 337 Å². The maximum atomic E-state index is 14.2. The number of aliphatic hydroxyl groups excluding tert-OH is 10. The number of nitrogens with one attached hydrogen (secondary N) is 9. The first-order valence-corrected chi connectivity index (χ1v) is 45.2. The van der Waals surface area contributed by atoms with Crippen LogP contribution in [0.4, 0.5) is 0 Å². The zero-order valence-corrected chi connectivity index (χ0v) is 75.0. The summed E-state index contributed by atoms with van der Waals surface area (Å²) >= 11 is 0. The number of amides is 10. The van der Waals surface area contributed by atoms with E-state index in [1.54, 1.807) is 4.90 Å². The highest BCUT2D eigenvalue weighted by Gasteiger charge is 2.48. The predicted octanol–water partition coefficient (Wildman–Crippen LogP) is -2.13. The van der Waals surface area contributed by atoms with E-state index in [1.807, 2.05) is 20.8 Å².